The molecule has 0 aromatic rings. The van der Waals surface area contributed by atoms with Crippen molar-refractivity contribution in [1.29, 1.82) is 0 Å². The van der Waals surface area contributed by atoms with Gasteiger partial charge in [0.05, 0.1) is 0 Å². The molecule has 0 spiro atoms. The van der Waals surface area contributed by atoms with Gasteiger partial charge in [0.2, 0.25) is 0 Å². The fourth-order valence-corrected chi connectivity index (χ4v) is 7.64. The lowest BCUT2D eigenvalue weighted by Crippen LogP contribution is -2.60. The van der Waals surface area contributed by atoms with E-state index < -0.39 is 0 Å². The van der Waals surface area contributed by atoms with Crippen molar-refractivity contribution >= 4 is 17.7 Å². The van der Waals surface area contributed by atoms with Gasteiger partial charge in [-0.15, -0.1) is 0 Å². The molecule has 5 nitrogen and oxygen atoms in total. The van der Waals surface area contributed by atoms with Gasteiger partial charge in [0.25, 0.3) is 0 Å². The molecule has 0 aromatic carbocycles. The van der Waals surface area contributed by atoms with Crippen LogP contribution in [0.4, 0.5) is 0 Å². The van der Waals surface area contributed by atoms with E-state index in [-0.39, 0.29) is 46.7 Å². The first-order valence-electron chi connectivity index (χ1n) is 11.1. The molecule has 160 valence electrons. The Hall–Kier alpha value is -1.65. The van der Waals surface area contributed by atoms with Gasteiger partial charge in [-0.1, -0.05) is 26.3 Å². The van der Waals surface area contributed by atoms with E-state index in [1.807, 2.05) is 6.08 Å². The minimum atomic E-state index is -0.253. The summed E-state index contributed by atoms with van der Waals surface area (Å²) in [7, 11) is 0. The molecule has 5 heteroatoms. The van der Waals surface area contributed by atoms with Gasteiger partial charge in [0.15, 0.2) is 5.78 Å². The zero-order valence-electron chi connectivity index (χ0n) is 18.3. The minimum Gasteiger partial charge on any atom is -0.462 e. The summed E-state index contributed by atoms with van der Waals surface area (Å²) in [6.07, 6.45) is 6.53. The summed E-state index contributed by atoms with van der Waals surface area (Å²) in [4.78, 5) is 36.0. The van der Waals surface area contributed by atoms with Crippen LogP contribution in [-0.4, -0.2) is 29.9 Å². The molecular formula is C24H34O5. The first-order valence-corrected chi connectivity index (χ1v) is 11.1. The molecule has 4 aliphatic rings. The molecule has 0 unspecified atom stereocenters. The average molecular weight is 403 g/mol. The van der Waals surface area contributed by atoms with Gasteiger partial charge in [0.1, 0.15) is 12.2 Å². The second-order valence-electron chi connectivity index (χ2n) is 10.5. The first-order chi connectivity index (χ1) is 13.6. The van der Waals surface area contributed by atoms with Crippen LogP contribution >= 0.6 is 0 Å². The quantitative estimate of drug-likeness (QED) is 0.646. The van der Waals surface area contributed by atoms with Crippen molar-refractivity contribution in [2.45, 2.75) is 85.4 Å². The highest BCUT2D eigenvalue weighted by molar-refractivity contribution is 5.91. The van der Waals surface area contributed by atoms with Crippen LogP contribution < -0.4 is 0 Å². The molecule has 0 bridgehead atoms. The summed E-state index contributed by atoms with van der Waals surface area (Å²) >= 11 is 0. The molecule has 29 heavy (non-hydrogen) atoms. The number of hydrogen-bond acceptors (Lipinski definition) is 5. The predicted octanol–water partition coefficient (Wildman–Crippen LogP) is 4.24. The highest BCUT2D eigenvalue weighted by Crippen LogP contribution is 2.67. The lowest BCUT2D eigenvalue weighted by atomic mass is 9.44. The minimum absolute atomic E-state index is 0.105. The van der Waals surface area contributed by atoms with Gasteiger partial charge in [-0.3, -0.25) is 14.4 Å². The van der Waals surface area contributed by atoms with Crippen LogP contribution in [0.15, 0.2) is 11.6 Å². The SMILES string of the molecule is CC(=O)O[C@H]1CC[C@H]2[C@H]3[C@H]([C@H](OC(C)=O)C[C@]12C)[C@@]1(C)CCC(=O)C=C1C[C@H]3C. The third-order valence-electron chi connectivity index (χ3n) is 8.76. The molecule has 0 radical (unpaired) electrons. The summed E-state index contributed by atoms with van der Waals surface area (Å²) in [6, 6.07) is 0. The smallest absolute Gasteiger partial charge is 0.302 e. The van der Waals surface area contributed by atoms with Gasteiger partial charge in [0, 0.05) is 31.6 Å². The molecule has 8 atom stereocenters. The Morgan fingerprint density at radius 1 is 1.10 bits per heavy atom. The van der Waals surface area contributed by atoms with Crippen molar-refractivity contribution in [1.82, 2.24) is 0 Å². The van der Waals surface area contributed by atoms with E-state index in [9.17, 15) is 14.4 Å². The molecule has 0 amide bonds. The number of carbonyl (C=O) groups excluding carboxylic acids is 3. The molecule has 0 heterocycles. The molecule has 0 aromatic heterocycles. The van der Waals surface area contributed by atoms with E-state index >= 15 is 0 Å². The largest absolute Gasteiger partial charge is 0.462 e. The first kappa shape index (κ1) is 20.6. The fraction of sp³-hybridized carbons (Fsp3) is 0.792. The summed E-state index contributed by atoms with van der Waals surface area (Å²) in [5, 5.41) is 0. The number of esters is 2. The van der Waals surface area contributed by atoms with Crippen LogP contribution in [0, 0.1) is 34.5 Å². The fourth-order valence-electron chi connectivity index (χ4n) is 7.64. The molecular weight excluding hydrogens is 368 g/mol. The lowest BCUT2D eigenvalue weighted by Gasteiger charge is -2.61. The van der Waals surface area contributed by atoms with Gasteiger partial charge in [-0.25, -0.2) is 0 Å². The number of fused-ring (bicyclic) bond motifs is 5. The van der Waals surface area contributed by atoms with E-state index in [4.69, 9.17) is 9.47 Å². The summed E-state index contributed by atoms with van der Waals surface area (Å²) < 4.78 is 11.7. The Kier molecular flexibility index (Phi) is 4.94. The maximum absolute atomic E-state index is 12.2. The van der Waals surface area contributed by atoms with Gasteiger partial charge < -0.3 is 9.47 Å². The average Bonchev–Trinajstić information content (AvgIpc) is 2.91. The van der Waals surface area contributed by atoms with Crippen LogP contribution in [0.25, 0.3) is 0 Å². The summed E-state index contributed by atoms with van der Waals surface area (Å²) in [5.74, 6) is 1.19. The van der Waals surface area contributed by atoms with Crippen LogP contribution in [-0.2, 0) is 23.9 Å². The highest BCUT2D eigenvalue weighted by Gasteiger charge is 2.65. The van der Waals surface area contributed by atoms with Gasteiger partial charge >= 0.3 is 11.9 Å². The monoisotopic (exact) mass is 402 g/mol. The topological polar surface area (TPSA) is 69.7 Å². The summed E-state index contributed by atoms with van der Waals surface area (Å²) in [6.45, 7) is 9.76. The van der Waals surface area contributed by atoms with Crippen molar-refractivity contribution < 1.29 is 23.9 Å². The Morgan fingerprint density at radius 2 is 1.79 bits per heavy atom. The summed E-state index contributed by atoms with van der Waals surface area (Å²) in [5.41, 5.74) is 0.966. The molecule has 3 fully saturated rings. The molecule has 4 rings (SSSR count). The van der Waals surface area contributed by atoms with Crippen LogP contribution in [0.3, 0.4) is 0 Å². The third kappa shape index (κ3) is 3.16. The van der Waals surface area contributed by atoms with Gasteiger partial charge in [-0.05, 0) is 61.3 Å². The number of carbonyl (C=O) groups is 3. The highest BCUT2D eigenvalue weighted by atomic mass is 16.6. The third-order valence-corrected chi connectivity index (χ3v) is 8.76. The number of hydrogen-bond donors (Lipinski definition) is 0. The Morgan fingerprint density at radius 3 is 2.45 bits per heavy atom. The zero-order valence-corrected chi connectivity index (χ0v) is 18.3. The number of allylic oxidation sites excluding steroid dienone is 1. The Bertz CT molecular complexity index is 769. The second kappa shape index (κ2) is 6.95. The number of rotatable bonds is 2. The normalized spacial score (nSPS) is 46.1. The second-order valence-corrected chi connectivity index (χ2v) is 10.5. The van der Waals surface area contributed by atoms with Gasteiger partial charge in [-0.2, -0.15) is 0 Å². The maximum Gasteiger partial charge on any atom is 0.302 e. The Labute approximate surface area is 173 Å². The van der Waals surface area contributed by atoms with E-state index in [1.165, 1.54) is 19.4 Å². The van der Waals surface area contributed by atoms with Crippen LogP contribution in [0.2, 0.25) is 0 Å². The molecule has 4 aliphatic carbocycles. The molecule has 0 N–H and O–H groups in total. The van der Waals surface area contributed by atoms with Crippen molar-refractivity contribution in [3.8, 4) is 0 Å². The lowest BCUT2D eigenvalue weighted by molar-refractivity contribution is -0.191. The molecule has 3 saturated carbocycles. The number of ether oxygens (including phenoxy) is 2. The Balaban J connectivity index is 1.78. The van der Waals surface area contributed by atoms with Crippen molar-refractivity contribution in [2.24, 2.45) is 34.5 Å². The van der Waals surface area contributed by atoms with Crippen molar-refractivity contribution in [3.63, 3.8) is 0 Å². The van der Waals surface area contributed by atoms with Crippen molar-refractivity contribution in [2.75, 3.05) is 0 Å². The van der Waals surface area contributed by atoms with E-state index in [2.05, 4.69) is 20.8 Å². The number of ketones is 1. The molecule has 0 saturated heterocycles. The van der Waals surface area contributed by atoms with Crippen LogP contribution in [0.5, 0.6) is 0 Å². The van der Waals surface area contributed by atoms with Crippen LogP contribution in [0.1, 0.15) is 73.1 Å². The van der Waals surface area contributed by atoms with E-state index in [0.29, 0.717) is 24.2 Å². The zero-order chi connectivity index (χ0) is 21.1. The molecule has 0 aliphatic heterocycles. The maximum atomic E-state index is 12.2. The van der Waals surface area contributed by atoms with Crippen molar-refractivity contribution in [3.05, 3.63) is 11.6 Å². The van der Waals surface area contributed by atoms with E-state index in [1.54, 1.807) is 0 Å². The van der Waals surface area contributed by atoms with E-state index in [0.717, 1.165) is 32.1 Å². The standard InChI is InChI=1S/C24H34O5/c1-13-10-16-11-17(27)8-9-23(16,4)22-19(28-14(2)25)12-24(5)18(21(13)22)6-7-20(24)29-15(3)26/h11,13,18-22H,6-10,12H2,1-5H3/t13-,18+,19-,20+,21+,22+,23+,24+/m1/s1. The predicted molar refractivity (Wildman–Crippen MR) is 108 cm³/mol.